The van der Waals surface area contributed by atoms with Crippen LogP contribution in [0.1, 0.15) is 0 Å². The van der Waals surface area contributed by atoms with Gasteiger partial charge in [0.1, 0.15) is 0 Å². The Morgan fingerprint density at radius 2 is 0.857 bits per heavy atom. The van der Waals surface area contributed by atoms with Gasteiger partial charge in [-0.2, -0.15) is 0 Å². The summed E-state index contributed by atoms with van der Waals surface area (Å²) in [6.07, 6.45) is -5.74. The van der Waals surface area contributed by atoms with E-state index in [-0.39, 0.29) is 6.39 Å². The zero-order chi connectivity index (χ0) is 16.9. The average molecular weight is 229 g/mol. The predicted octanol–water partition coefficient (Wildman–Crippen LogP) is -8.53. The molecule has 0 aliphatic heterocycles. The Morgan fingerprint density at radius 3 is 1.00 bits per heavy atom. The molecule has 21 radical (unpaired) electrons. The lowest BCUT2D eigenvalue weighted by atomic mass is 8.38. The van der Waals surface area contributed by atoms with Crippen LogP contribution in [0.15, 0.2) is 0 Å². The molecule has 0 spiro atoms. The third kappa shape index (κ3) is 6.41. The standard InChI is InChI=1S/B21H2/c1-12-18(13(2)3)21(19(14(4)5)15(6)7)20(16(8)9)17(10)11/h1-2H. The van der Waals surface area contributed by atoms with Crippen LogP contribution in [-0.4, -0.2) is 150 Å². The fourth-order valence-electron chi connectivity index (χ4n) is 2.93. The Kier molecular flexibility index (Phi) is 10.9. The second kappa shape index (κ2) is 10.3. The first-order valence-corrected chi connectivity index (χ1v) is 6.82. The number of hydrogen-bond acceptors (Lipinski definition) is 0. The smallest absolute Gasteiger partial charge is 0.0000000000131 e. The summed E-state index contributed by atoms with van der Waals surface area (Å²) < 4.78 is 0. The highest BCUT2D eigenvalue weighted by molar-refractivity contribution is 8.20. The molecule has 0 rings (SSSR count). The lowest BCUT2D eigenvalue weighted by molar-refractivity contribution is 3.32. The van der Waals surface area contributed by atoms with Gasteiger partial charge in [-0.25, -0.2) is 0 Å². The molecule has 0 fully saturated rings. The molecule has 0 amide bonds. The normalized spacial score (nSPS) is 9.14. The summed E-state index contributed by atoms with van der Waals surface area (Å²) in [4.78, 5) is 0. The highest BCUT2D eigenvalue weighted by Gasteiger charge is 2.45. The zero-order valence-electron chi connectivity index (χ0n) is 12.4. The van der Waals surface area contributed by atoms with E-state index in [0.717, 1.165) is 0 Å². The minimum Gasteiger partial charge on any atom is 0.0000000000131 e. The Balaban J connectivity index is 5.83. The van der Waals surface area contributed by atoms with Gasteiger partial charge in [0.2, 0.25) is 0 Å². The Hall–Kier alpha value is 1.36. The van der Waals surface area contributed by atoms with E-state index in [2.05, 4.69) is 15.5 Å². The van der Waals surface area contributed by atoms with E-state index in [1.54, 1.807) is 7.06 Å². The lowest BCUT2D eigenvalue weighted by Crippen LogP contribution is -2.81. The average Bonchev–Trinajstić information content (AvgIpc) is 2.26. The Labute approximate surface area is 149 Å². The van der Waals surface area contributed by atoms with Crippen LogP contribution in [0.2, 0.25) is 0 Å². The first kappa shape index (κ1) is 22.4. The molecule has 21 heteroatoms. The summed E-state index contributed by atoms with van der Waals surface area (Å²) in [5.74, 6) is 0. The molecule has 0 bridgehead atoms. The van der Waals surface area contributed by atoms with Crippen LogP contribution < -0.4 is 0 Å². The van der Waals surface area contributed by atoms with Crippen molar-refractivity contribution in [2.75, 3.05) is 0 Å². The molecule has 0 saturated carbocycles. The molecule has 0 aromatic rings. The Morgan fingerprint density at radius 1 is 0.571 bits per heavy atom. The first-order valence-electron chi connectivity index (χ1n) is 6.82. The quantitative estimate of drug-likeness (QED) is 0.344. The summed E-state index contributed by atoms with van der Waals surface area (Å²) in [7, 11) is 61.7. The molecule has 0 aromatic carbocycles. The van der Waals surface area contributed by atoms with Crippen molar-refractivity contribution in [3.05, 3.63) is 0 Å². The highest BCUT2D eigenvalue weighted by atomic mass is 13.3. The fraction of sp³-hybridized carbons (Fsp3) is 0. The largest absolute Gasteiger partial charge is 0.0322 e. The van der Waals surface area contributed by atoms with Gasteiger partial charge in [0.05, 0.1) is 0 Å². The van der Waals surface area contributed by atoms with E-state index in [1.807, 2.05) is 0 Å². The SMILES string of the molecule is [B]B([B])B(B([B])[B])B(B([B][BH])B([B])[BH])B(B([B])[B])B([B])[B]. The molecule has 0 aromatic heterocycles. The summed E-state index contributed by atoms with van der Waals surface area (Å²) in [5.41, 5.74) is 0. The van der Waals surface area contributed by atoms with Crippen LogP contribution in [-0.2, 0) is 0 Å². The van der Waals surface area contributed by atoms with Crippen molar-refractivity contribution in [2.24, 2.45) is 0 Å². The molecule has 0 saturated heterocycles. The van der Waals surface area contributed by atoms with E-state index in [1.165, 1.54) is 0 Å². The van der Waals surface area contributed by atoms with Crippen molar-refractivity contribution in [1.29, 1.82) is 0 Å². The maximum Gasteiger partial charge on any atom is 0.0322 e. The monoisotopic (exact) mass is 233 g/mol. The van der Waals surface area contributed by atoms with Crippen molar-refractivity contribution in [3.8, 4) is 0 Å². The van der Waals surface area contributed by atoms with Crippen LogP contribution in [0.4, 0.5) is 0 Å². The third-order valence-corrected chi connectivity index (χ3v) is 3.88. The van der Waals surface area contributed by atoms with Gasteiger partial charge in [-0.15, -0.1) is 0 Å². The summed E-state index contributed by atoms with van der Waals surface area (Å²) in [5, 5.41) is 0. The molecule has 0 unspecified atom stereocenters. The molecule has 65 valence electrons. The zero-order valence-corrected chi connectivity index (χ0v) is 12.4. The van der Waals surface area contributed by atoms with Gasteiger partial charge in [0.15, 0.2) is 0 Å². The van der Waals surface area contributed by atoms with Crippen LogP contribution in [0.5, 0.6) is 0 Å². The molecule has 0 nitrogen and oxygen atoms in total. The highest BCUT2D eigenvalue weighted by Crippen LogP contribution is 2.06. The minimum absolute atomic E-state index is 0.353. The van der Waals surface area contributed by atoms with E-state index < -0.39 is 51.1 Å². The summed E-state index contributed by atoms with van der Waals surface area (Å²) in [6, 6.07) is 0. The van der Waals surface area contributed by atoms with Crippen LogP contribution >= 0.6 is 0 Å². The van der Waals surface area contributed by atoms with Gasteiger partial charge in [-0.05, 0) is 0 Å². The predicted molar refractivity (Wildman–Crippen MR) is 124 cm³/mol. The second-order valence-electron chi connectivity index (χ2n) is 5.52. The molecular weight excluding hydrogens is 227 g/mol. The molecule has 0 aliphatic carbocycles. The molecule has 0 N–H and O–H groups in total. The minimum atomic E-state index is -0.823. The van der Waals surface area contributed by atoms with Crippen molar-refractivity contribution < 1.29 is 0 Å². The van der Waals surface area contributed by atoms with Crippen LogP contribution in [0.25, 0.3) is 0 Å². The molecule has 21 heavy (non-hydrogen) atoms. The van der Waals surface area contributed by atoms with Gasteiger partial charge in [-0.1, -0.05) is 0 Å². The van der Waals surface area contributed by atoms with E-state index in [4.69, 9.17) is 69.6 Å². The number of hydrogen-bond donors (Lipinski definition) is 0. The van der Waals surface area contributed by atoms with Crippen molar-refractivity contribution >= 4 is 150 Å². The van der Waals surface area contributed by atoms with E-state index in [0.29, 0.717) is 0 Å². The third-order valence-electron chi connectivity index (χ3n) is 3.88. The first-order chi connectivity index (χ1) is 9.56. The molecule has 0 heterocycles. The van der Waals surface area contributed by atoms with Gasteiger partial charge in [0, 0.05) is 150 Å². The maximum atomic E-state index is 5.92. The maximum absolute atomic E-state index is 5.92. The van der Waals surface area contributed by atoms with Crippen LogP contribution in [0, 0.1) is 0 Å². The van der Waals surface area contributed by atoms with Crippen molar-refractivity contribution in [2.45, 2.75) is 0 Å². The van der Waals surface area contributed by atoms with E-state index in [9.17, 15) is 0 Å². The fourth-order valence-corrected chi connectivity index (χ4v) is 2.93. The van der Waals surface area contributed by atoms with Gasteiger partial charge in [0.25, 0.3) is 0 Å². The summed E-state index contributed by atoms with van der Waals surface area (Å²) in [6.45, 7) is 0. The van der Waals surface area contributed by atoms with Crippen molar-refractivity contribution in [1.82, 2.24) is 0 Å². The lowest BCUT2D eigenvalue weighted by Gasteiger charge is -2.43. The number of rotatable bonds is 9. The summed E-state index contributed by atoms with van der Waals surface area (Å²) >= 11 is 0. The molecular formula is H2B21. The molecule has 0 atom stereocenters. The topological polar surface area (TPSA) is 0 Å². The van der Waals surface area contributed by atoms with Gasteiger partial charge >= 0.3 is 0 Å². The van der Waals surface area contributed by atoms with Crippen molar-refractivity contribution in [3.63, 3.8) is 0 Å². The van der Waals surface area contributed by atoms with Gasteiger partial charge in [-0.3, -0.25) is 0 Å². The molecule has 0 aliphatic rings. The Bertz CT molecular complexity index is 223. The van der Waals surface area contributed by atoms with Gasteiger partial charge < -0.3 is 0 Å². The second-order valence-corrected chi connectivity index (χ2v) is 5.52. The van der Waals surface area contributed by atoms with E-state index >= 15 is 0 Å². The van der Waals surface area contributed by atoms with Crippen LogP contribution in [0.3, 0.4) is 0 Å².